The van der Waals surface area contributed by atoms with Crippen LogP contribution in [0.4, 0.5) is 5.69 Å². The number of aromatic nitrogens is 2. The van der Waals surface area contributed by atoms with Gasteiger partial charge in [0.25, 0.3) is 0 Å². The standard InChI is InChI=1S/C24H32N8O2S/c1-35(33,34)19-7-20(21(9-25)22(26)8-19)23(27)15-32(28)14-18-13-31-12-17(5-6-24(31)30-18)11-29-10-16-3-2-4-16/h5-9,12-13,15-16,25,29H,2-4,10-11,14,26-28H2,1H3/b23-15-,25-9?. The number of sulfone groups is 1. The van der Waals surface area contributed by atoms with Gasteiger partial charge in [-0.3, -0.25) is 0 Å². The predicted octanol–water partition coefficient (Wildman–Crippen LogP) is 1.84. The summed E-state index contributed by atoms with van der Waals surface area (Å²) < 4.78 is 26.0. The van der Waals surface area contributed by atoms with E-state index in [9.17, 15) is 8.42 Å². The van der Waals surface area contributed by atoms with Crippen LogP contribution in [0.15, 0.2) is 47.8 Å². The zero-order valence-electron chi connectivity index (χ0n) is 19.7. The Morgan fingerprint density at radius 2 is 2.09 bits per heavy atom. The van der Waals surface area contributed by atoms with Crippen LogP contribution in [0.5, 0.6) is 0 Å². The molecule has 0 amide bonds. The molecule has 1 aromatic carbocycles. The van der Waals surface area contributed by atoms with Crippen molar-refractivity contribution < 1.29 is 8.42 Å². The Bertz CT molecular complexity index is 1380. The molecule has 0 atom stereocenters. The van der Waals surface area contributed by atoms with Crippen LogP contribution in [-0.2, 0) is 22.9 Å². The molecule has 1 aliphatic carbocycles. The lowest BCUT2D eigenvalue weighted by Crippen LogP contribution is -2.26. The molecule has 0 aliphatic heterocycles. The number of benzene rings is 1. The highest BCUT2D eigenvalue weighted by molar-refractivity contribution is 7.90. The van der Waals surface area contributed by atoms with Crippen LogP contribution in [0.25, 0.3) is 11.3 Å². The van der Waals surface area contributed by atoms with E-state index in [4.69, 9.17) is 22.7 Å². The molecule has 0 bridgehead atoms. The zero-order chi connectivity index (χ0) is 25.2. The number of anilines is 1. The van der Waals surface area contributed by atoms with E-state index in [0.717, 1.165) is 42.8 Å². The van der Waals surface area contributed by atoms with Crippen LogP contribution in [0.3, 0.4) is 0 Å². The van der Waals surface area contributed by atoms with Gasteiger partial charge in [0, 0.05) is 54.4 Å². The Labute approximate surface area is 205 Å². The van der Waals surface area contributed by atoms with E-state index in [1.54, 1.807) is 0 Å². The monoisotopic (exact) mass is 496 g/mol. The second-order valence-corrected chi connectivity index (χ2v) is 11.1. The maximum Gasteiger partial charge on any atom is 0.175 e. The van der Waals surface area contributed by atoms with E-state index in [2.05, 4.69) is 22.6 Å². The lowest BCUT2D eigenvalue weighted by atomic mass is 9.85. The molecule has 1 fully saturated rings. The third kappa shape index (κ3) is 5.81. The first-order chi connectivity index (χ1) is 16.6. The third-order valence-electron chi connectivity index (χ3n) is 6.27. The number of hydrazine groups is 1. The van der Waals surface area contributed by atoms with Gasteiger partial charge in [-0.25, -0.2) is 19.2 Å². The van der Waals surface area contributed by atoms with Gasteiger partial charge in [0.2, 0.25) is 0 Å². The lowest BCUT2D eigenvalue weighted by molar-refractivity contribution is 0.301. The van der Waals surface area contributed by atoms with E-state index in [0.29, 0.717) is 11.1 Å². The summed E-state index contributed by atoms with van der Waals surface area (Å²) in [6.07, 6.45) is 11.6. The van der Waals surface area contributed by atoms with Crippen molar-refractivity contribution in [3.63, 3.8) is 0 Å². The summed E-state index contributed by atoms with van der Waals surface area (Å²) in [5, 5.41) is 12.6. The molecule has 10 nitrogen and oxygen atoms in total. The number of nitrogens with one attached hydrogen (secondary N) is 2. The minimum Gasteiger partial charge on any atom is -0.398 e. The van der Waals surface area contributed by atoms with Gasteiger partial charge in [0.05, 0.1) is 22.8 Å². The highest BCUT2D eigenvalue weighted by Gasteiger charge is 2.17. The fourth-order valence-corrected chi connectivity index (χ4v) is 4.80. The van der Waals surface area contributed by atoms with Gasteiger partial charge in [0.15, 0.2) is 9.84 Å². The normalized spacial score (nSPS) is 14.7. The average Bonchev–Trinajstić information content (AvgIpc) is 3.15. The Kier molecular flexibility index (Phi) is 7.10. The Morgan fingerprint density at radius 3 is 2.74 bits per heavy atom. The maximum absolute atomic E-state index is 12.0. The number of nitrogens with two attached hydrogens (primary N) is 3. The van der Waals surface area contributed by atoms with Gasteiger partial charge in [-0.05, 0) is 49.1 Å². The first-order valence-electron chi connectivity index (χ1n) is 11.4. The molecule has 186 valence electrons. The van der Waals surface area contributed by atoms with Gasteiger partial charge in [-0.15, -0.1) is 0 Å². The number of hydrogen-bond acceptors (Lipinski definition) is 9. The molecule has 4 rings (SSSR count). The summed E-state index contributed by atoms with van der Waals surface area (Å²) in [7, 11) is -3.51. The van der Waals surface area contributed by atoms with Crippen LogP contribution in [0, 0.1) is 11.3 Å². The molecule has 11 heteroatoms. The highest BCUT2D eigenvalue weighted by Crippen LogP contribution is 2.26. The van der Waals surface area contributed by atoms with Crippen LogP contribution in [0.2, 0.25) is 0 Å². The van der Waals surface area contributed by atoms with Crippen LogP contribution >= 0.6 is 0 Å². The van der Waals surface area contributed by atoms with Crippen molar-refractivity contribution in [3.8, 4) is 0 Å². The summed E-state index contributed by atoms with van der Waals surface area (Å²) >= 11 is 0. The topological polar surface area (TPSA) is 169 Å². The SMILES string of the molecule is CS(=O)(=O)c1cc(N)c(C=N)c(/C(N)=C/N(N)Cc2cn3cc(CNCC4CCC4)ccc3n2)c1. The molecule has 0 radical (unpaired) electrons. The molecular formula is C24H32N8O2S. The van der Waals surface area contributed by atoms with E-state index in [1.807, 2.05) is 16.7 Å². The number of hydrogen-bond donors (Lipinski definition) is 5. The molecule has 0 saturated heterocycles. The molecule has 35 heavy (non-hydrogen) atoms. The Morgan fingerprint density at radius 1 is 1.31 bits per heavy atom. The third-order valence-corrected chi connectivity index (χ3v) is 7.36. The molecule has 2 aromatic heterocycles. The number of pyridine rings is 1. The predicted molar refractivity (Wildman–Crippen MR) is 138 cm³/mol. The Hall–Kier alpha value is -3.41. The minimum atomic E-state index is -3.51. The fourth-order valence-electron chi connectivity index (χ4n) is 4.13. The lowest BCUT2D eigenvalue weighted by Gasteiger charge is -2.25. The van der Waals surface area contributed by atoms with Gasteiger partial charge in [-0.2, -0.15) is 0 Å². The highest BCUT2D eigenvalue weighted by atomic mass is 32.2. The van der Waals surface area contributed by atoms with Crippen molar-refractivity contribution in [2.24, 2.45) is 17.5 Å². The second-order valence-electron chi connectivity index (χ2n) is 9.11. The fraction of sp³-hybridized carbons (Fsp3) is 0.333. The summed E-state index contributed by atoms with van der Waals surface area (Å²) in [5.41, 5.74) is 15.9. The molecule has 0 unspecified atom stereocenters. The molecule has 1 saturated carbocycles. The largest absolute Gasteiger partial charge is 0.398 e. The van der Waals surface area contributed by atoms with E-state index < -0.39 is 9.84 Å². The van der Waals surface area contributed by atoms with Crippen molar-refractivity contribution >= 4 is 33.1 Å². The average molecular weight is 497 g/mol. The second kappa shape index (κ2) is 10.1. The number of rotatable bonds is 10. The van der Waals surface area contributed by atoms with Gasteiger partial charge in [0.1, 0.15) is 5.65 Å². The first kappa shape index (κ1) is 24.7. The molecule has 2 heterocycles. The smallest absolute Gasteiger partial charge is 0.175 e. The van der Waals surface area contributed by atoms with E-state index in [1.165, 1.54) is 48.2 Å². The first-order valence-corrected chi connectivity index (χ1v) is 13.3. The molecular weight excluding hydrogens is 464 g/mol. The number of imidazole rings is 1. The van der Waals surface area contributed by atoms with Gasteiger partial charge < -0.3 is 31.6 Å². The minimum absolute atomic E-state index is 0.0221. The van der Waals surface area contributed by atoms with Crippen molar-refractivity contribution in [2.45, 2.75) is 37.2 Å². The van der Waals surface area contributed by atoms with Gasteiger partial charge in [-0.1, -0.05) is 12.5 Å². The quantitative estimate of drug-likeness (QED) is 0.123. The summed E-state index contributed by atoms with van der Waals surface area (Å²) in [4.78, 5) is 4.64. The summed E-state index contributed by atoms with van der Waals surface area (Å²) in [5.74, 6) is 6.99. The number of nitrogen functional groups attached to an aromatic ring is 1. The summed E-state index contributed by atoms with van der Waals surface area (Å²) in [6, 6.07) is 6.76. The van der Waals surface area contributed by atoms with E-state index in [-0.39, 0.29) is 22.8 Å². The van der Waals surface area contributed by atoms with Crippen molar-refractivity contribution in [1.82, 2.24) is 19.7 Å². The van der Waals surface area contributed by atoms with Crippen LogP contribution in [-0.4, -0.2) is 41.8 Å². The molecule has 3 aromatic rings. The number of fused-ring (bicyclic) bond motifs is 1. The number of nitrogens with zero attached hydrogens (tertiary/aromatic N) is 3. The van der Waals surface area contributed by atoms with E-state index >= 15 is 0 Å². The Balaban J connectivity index is 1.48. The zero-order valence-corrected chi connectivity index (χ0v) is 20.6. The van der Waals surface area contributed by atoms with Crippen molar-refractivity contribution in [2.75, 3.05) is 18.5 Å². The van der Waals surface area contributed by atoms with Crippen LogP contribution in [0.1, 0.15) is 41.6 Å². The summed E-state index contributed by atoms with van der Waals surface area (Å²) in [6.45, 7) is 2.15. The molecule has 8 N–H and O–H groups in total. The molecule has 1 aliphatic rings. The maximum atomic E-state index is 12.0. The molecule has 0 spiro atoms. The van der Waals surface area contributed by atoms with Crippen LogP contribution < -0.4 is 22.6 Å². The van der Waals surface area contributed by atoms with Crippen molar-refractivity contribution in [1.29, 1.82) is 5.41 Å². The van der Waals surface area contributed by atoms with Gasteiger partial charge >= 0.3 is 0 Å². The van der Waals surface area contributed by atoms with Crippen molar-refractivity contribution in [3.05, 3.63) is 65.2 Å².